The van der Waals surface area contributed by atoms with Gasteiger partial charge in [0.1, 0.15) is 6.33 Å². The predicted octanol–water partition coefficient (Wildman–Crippen LogP) is 2.05. The molecule has 2 heterocycles. The smallest absolute Gasteiger partial charge is 0.358 e. The Morgan fingerprint density at radius 3 is 3.10 bits per heavy atom. The maximum atomic E-state index is 12.1. The molecule has 21 heavy (non-hydrogen) atoms. The zero-order chi connectivity index (χ0) is 15.0. The van der Waals surface area contributed by atoms with Crippen molar-refractivity contribution in [3.63, 3.8) is 0 Å². The highest BCUT2D eigenvalue weighted by Crippen LogP contribution is 2.25. The van der Waals surface area contributed by atoms with Gasteiger partial charge in [-0.15, -0.1) is 0 Å². The third-order valence-corrected chi connectivity index (χ3v) is 3.71. The van der Waals surface area contributed by atoms with E-state index in [1.165, 1.54) is 6.33 Å². The van der Waals surface area contributed by atoms with Crippen molar-refractivity contribution in [1.82, 2.24) is 14.9 Å². The summed E-state index contributed by atoms with van der Waals surface area (Å²) in [6.07, 6.45) is 1.54. The highest BCUT2D eigenvalue weighted by molar-refractivity contribution is 9.10. The summed E-state index contributed by atoms with van der Waals surface area (Å²) in [6, 6.07) is 5.39. The number of rotatable bonds is 2. The summed E-state index contributed by atoms with van der Waals surface area (Å²) in [4.78, 5) is 28.2. The van der Waals surface area contributed by atoms with Crippen molar-refractivity contribution in [2.24, 2.45) is 0 Å². The largest absolute Gasteiger partial charge is 0.461 e. The molecule has 0 fully saturated rings. The van der Waals surface area contributed by atoms with E-state index < -0.39 is 5.97 Å². The number of nitrogens with one attached hydrogen (secondary N) is 1. The number of nitrogens with zero attached hydrogens (tertiary/aromatic N) is 2. The van der Waals surface area contributed by atoms with E-state index in [4.69, 9.17) is 4.74 Å². The maximum Gasteiger partial charge on any atom is 0.358 e. The van der Waals surface area contributed by atoms with E-state index >= 15 is 0 Å². The van der Waals surface area contributed by atoms with Crippen LogP contribution in [0.1, 0.15) is 33.5 Å². The number of carbonyl (C=O) groups excluding carboxylic acids is 2. The van der Waals surface area contributed by atoms with Crippen molar-refractivity contribution in [2.75, 3.05) is 6.61 Å². The second-order valence-electron chi connectivity index (χ2n) is 4.47. The number of halogens is 1. The molecule has 1 aromatic heterocycles. The standard InChI is InChI=1S/C14H12BrN3O3/c1-2-21-14(20)12-11-6-16-13(19)9-5-8(15)3-4-10(9)18(11)7-17-12/h3-5,7H,2,6H2,1H3,(H,16,19). The van der Waals surface area contributed by atoms with Crippen LogP contribution in [-0.2, 0) is 11.3 Å². The number of ether oxygens (including phenoxy) is 1. The first-order valence-corrected chi connectivity index (χ1v) is 7.22. The number of benzene rings is 1. The molecule has 0 spiro atoms. The number of amides is 1. The van der Waals surface area contributed by atoms with Crippen LogP contribution in [-0.4, -0.2) is 28.0 Å². The lowest BCUT2D eigenvalue weighted by Crippen LogP contribution is -2.22. The minimum Gasteiger partial charge on any atom is -0.461 e. The molecule has 1 aliphatic rings. The Balaban J connectivity index is 2.15. The molecule has 0 atom stereocenters. The van der Waals surface area contributed by atoms with E-state index in [1.807, 2.05) is 12.1 Å². The average molecular weight is 350 g/mol. The predicted molar refractivity (Wildman–Crippen MR) is 78.4 cm³/mol. The monoisotopic (exact) mass is 349 g/mol. The Kier molecular flexibility index (Phi) is 3.50. The minimum absolute atomic E-state index is 0.190. The van der Waals surface area contributed by atoms with Crippen LogP contribution in [0.15, 0.2) is 29.0 Å². The van der Waals surface area contributed by atoms with Crippen molar-refractivity contribution >= 4 is 27.8 Å². The molecule has 1 amide bonds. The van der Waals surface area contributed by atoms with E-state index in [9.17, 15) is 9.59 Å². The van der Waals surface area contributed by atoms with Gasteiger partial charge in [-0.1, -0.05) is 15.9 Å². The number of aromatic nitrogens is 2. The average Bonchev–Trinajstić information content (AvgIpc) is 2.83. The quantitative estimate of drug-likeness (QED) is 0.842. The molecule has 3 rings (SSSR count). The summed E-state index contributed by atoms with van der Waals surface area (Å²) < 4.78 is 7.54. The van der Waals surface area contributed by atoms with Crippen molar-refractivity contribution in [2.45, 2.75) is 13.5 Å². The number of imidazole rings is 1. The van der Waals surface area contributed by atoms with Gasteiger partial charge in [0.05, 0.1) is 30.1 Å². The minimum atomic E-state index is -0.485. The number of fused-ring (bicyclic) bond motifs is 3. The van der Waals surface area contributed by atoms with Crippen molar-refractivity contribution in [3.8, 4) is 5.69 Å². The van der Waals surface area contributed by atoms with Crippen LogP contribution < -0.4 is 5.32 Å². The molecule has 0 unspecified atom stereocenters. The van der Waals surface area contributed by atoms with Gasteiger partial charge >= 0.3 is 5.97 Å². The first-order chi connectivity index (χ1) is 10.1. The van der Waals surface area contributed by atoms with Crippen LogP contribution in [0.25, 0.3) is 5.69 Å². The fraction of sp³-hybridized carbons (Fsp3) is 0.214. The Labute approximate surface area is 129 Å². The number of esters is 1. The number of hydrogen-bond donors (Lipinski definition) is 1. The highest BCUT2D eigenvalue weighted by atomic mass is 79.9. The van der Waals surface area contributed by atoms with Crippen LogP contribution in [0.5, 0.6) is 0 Å². The fourth-order valence-corrected chi connectivity index (χ4v) is 2.64. The molecular formula is C14H12BrN3O3. The van der Waals surface area contributed by atoms with Crippen LogP contribution in [0.4, 0.5) is 0 Å². The summed E-state index contributed by atoms with van der Waals surface area (Å²) in [7, 11) is 0. The van der Waals surface area contributed by atoms with Crippen LogP contribution >= 0.6 is 15.9 Å². The third-order valence-electron chi connectivity index (χ3n) is 3.21. The molecule has 7 heteroatoms. The van der Waals surface area contributed by atoms with Crippen LogP contribution in [0, 0.1) is 0 Å². The van der Waals surface area contributed by atoms with Gasteiger partial charge in [0.15, 0.2) is 5.69 Å². The lowest BCUT2D eigenvalue weighted by atomic mass is 10.1. The highest BCUT2D eigenvalue weighted by Gasteiger charge is 2.25. The van der Waals surface area contributed by atoms with Gasteiger partial charge in [-0.2, -0.15) is 0 Å². The first-order valence-electron chi connectivity index (χ1n) is 6.43. The van der Waals surface area contributed by atoms with E-state index in [1.54, 1.807) is 17.6 Å². The van der Waals surface area contributed by atoms with Crippen molar-refractivity contribution in [3.05, 3.63) is 46.0 Å². The maximum absolute atomic E-state index is 12.1. The topological polar surface area (TPSA) is 73.2 Å². The fourth-order valence-electron chi connectivity index (χ4n) is 2.28. The number of carbonyl (C=O) groups is 2. The van der Waals surface area contributed by atoms with Gasteiger partial charge in [0, 0.05) is 4.47 Å². The molecule has 0 saturated heterocycles. The normalized spacial score (nSPS) is 13.0. The molecule has 6 nitrogen and oxygen atoms in total. The van der Waals surface area contributed by atoms with E-state index in [0.717, 1.165) is 4.47 Å². The third kappa shape index (κ3) is 2.33. The summed E-state index contributed by atoms with van der Waals surface area (Å²) >= 11 is 3.35. The van der Waals surface area contributed by atoms with Gasteiger partial charge in [-0.05, 0) is 25.1 Å². The van der Waals surface area contributed by atoms with Crippen molar-refractivity contribution < 1.29 is 14.3 Å². The summed E-state index contributed by atoms with van der Waals surface area (Å²) in [5, 5.41) is 2.78. The van der Waals surface area contributed by atoms with Gasteiger partial charge in [-0.25, -0.2) is 9.78 Å². The summed E-state index contributed by atoms with van der Waals surface area (Å²) in [6.45, 7) is 2.24. The zero-order valence-corrected chi connectivity index (χ0v) is 12.8. The molecule has 1 aromatic carbocycles. The first kappa shape index (κ1) is 13.8. The van der Waals surface area contributed by atoms with Gasteiger partial charge < -0.3 is 10.1 Å². The molecule has 1 N–H and O–H groups in total. The summed E-state index contributed by atoms with van der Waals surface area (Å²) in [5.41, 5.74) is 2.05. The van der Waals surface area contributed by atoms with Gasteiger partial charge in [0.2, 0.25) is 0 Å². The second-order valence-corrected chi connectivity index (χ2v) is 5.39. The lowest BCUT2D eigenvalue weighted by molar-refractivity contribution is 0.0518. The summed E-state index contributed by atoms with van der Waals surface area (Å²) in [5.74, 6) is -0.675. The van der Waals surface area contributed by atoms with Crippen LogP contribution in [0.2, 0.25) is 0 Å². The lowest BCUT2D eigenvalue weighted by Gasteiger charge is -2.08. The molecule has 0 radical (unpaired) electrons. The Hall–Kier alpha value is -2.15. The van der Waals surface area contributed by atoms with E-state index in [2.05, 4.69) is 26.2 Å². The van der Waals surface area contributed by atoms with Gasteiger partial charge in [-0.3, -0.25) is 9.36 Å². The molecule has 0 saturated carbocycles. The molecule has 108 valence electrons. The SMILES string of the molecule is CCOC(=O)c1ncn2c1CNC(=O)c1cc(Br)ccc1-2. The Morgan fingerprint density at radius 1 is 1.52 bits per heavy atom. The Bertz CT molecular complexity index is 739. The molecule has 1 aliphatic heterocycles. The van der Waals surface area contributed by atoms with Crippen molar-refractivity contribution in [1.29, 1.82) is 0 Å². The second kappa shape index (κ2) is 5.33. The zero-order valence-electron chi connectivity index (χ0n) is 11.2. The number of hydrogen-bond acceptors (Lipinski definition) is 4. The Morgan fingerprint density at radius 2 is 2.33 bits per heavy atom. The van der Waals surface area contributed by atoms with E-state index in [0.29, 0.717) is 16.9 Å². The molecular weight excluding hydrogens is 338 g/mol. The van der Waals surface area contributed by atoms with Gasteiger partial charge in [0.25, 0.3) is 5.91 Å². The van der Waals surface area contributed by atoms with E-state index in [-0.39, 0.29) is 24.8 Å². The molecule has 0 aliphatic carbocycles. The molecule has 0 bridgehead atoms. The van der Waals surface area contributed by atoms with Crippen LogP contribution in [0.3, 0.4) is 0 Å². The molecule has 2 aromatic rings.